The zero-order chi connectivity index (χ0) is 18.0. The highest BCUT2D eigenvalue weighted by Gasteiger charge is 2.41. The van der Waals surface area contributed by atoms with Crippen LogP contribution in [0, 0.1) is 6.92 Å². The van der Waals surface area contributed by atoms with Gasteiger partial charge in [0.25, 0.3) is 5.24 Å². The average Bonchev–Trinajstić information content (AvgIpc) is 2.85. The molecular formula is C18H15ClN2O3S. The van der Waals surface area contributed by atoms with Crippen molar-refractivity contribution in [3.63, 3.8) is 0 Å². The Morgan fingerprint density at radius 3 is 2.60 bits per heavy atom. The molecule has 5 nitrogen and oxygen atoms in total. The maximum atomic E-state index is 12.5. The van der Waals surface area contributed by atoms with Crippen LogP contribution in [0.15, 0.2) is 48.5 Å². The van der Waals surface area contributed by atoms with Gasteiger partial charge in [0, 0.05) is 17.1 Å². The van der Waals surface area contributed by atoms with Crippen molar-refractivity contribution in [3.05, 3.63) is 59.1 Å². The van der Waals surface area contributed by atoms with Crippen LogP contribution >= 0.6 is 23.4 Å². The van der Waals surface area contributed by atoms with E-state index in [1.54, 1.807) is 48.5 Å². The molecule has 0 spiro atoms. The lowest BCUT2D eigenvalue weighted by Gasteiger charge is -2.13. The van der Waals surface area contributed by atoms with E-state index in [0.29, 0.717) is 16.4 Å². The first-order valence-electron chi connectivity index (χ1n) is 7.61. The van der Waals surface area contributed by atoms with Crippen LogP contribution in [-0.2, 0) is 9.59 Å². The standard InChI is InChI=1S/C18H15ClN2O3S/c1-11-7-8-12(9-14(11)19)20-16(22)10-15-17(23)21(18(24)25-15)13-5-3-2-4-6-13/h2-9,15H,10H2,1H3,(H,20,22)/t15-/m0/s1. The predicted octanol–water partition coefficient (Wildman–Crippen LogP) is 4.25. The second-order valence-corrected chi connectivity index (χ2v) is 7.16. The van der Waals surface area contributed by atoms with Crippen LogP contribution in [0.25, 0.3) is 0 Å². The van der Waals surface area contributed by atoms with E-state index in [-0.39, 0.29) is 23.5 Å². The Kier molecular flexibility index (Phi) is 5.11. The molecular weight excluding hydrogens is 360 g/mol. The molecule has 0 unspecified atom stereocenters. The number of para-hydroxylation sites is 1. The van der Waals surface area contributed by atoms with E-state index in [9.17, 15) is 14.4 Å². The Bertz CT molecular complexity index is 841. The zero-order valence-electron chi connectivity index (χ0n) is 13.4. The molecule has 0 aromatic heterocycles. The van der Waals surface area contributed by atoms with E-state index >= 15 is 0 Å². The molecule has 25 heavy (non-hydrogen) atoms. The normalized spacial score (nSPS) is 17.0. The molecule has 1 aliphatic rings. The first-order chi connectivity index (χ1) is 12.0. The third-order valence-electron chi connectivity index (χ3n) is 3.76. The van der Waals surface area contributed by atoms with Crippen LogP contribution in [0.1, 0.15) is 12.0 Å². The summed E-state index contributed by atoms with van der Waals surface area (Å²) < 4.78 is 0. The van der Waals surface area contributed by atoms with Crippen LogP contribution in [0.5, 0.6) is 0 Å². The Morgan fingerprint density at radius 1 is 1.20 bits per heavy atom. The summed E-state index contributed by atoms with van der Waals surface area (Å²) in [7, 11) is 0. The van der Waals surface area contributed by atoms with Crippen LogP contribution in [0.2, 0.25) is 5.02 Å². The van der Waals surface area contributed by atoms with Crippen molar-refractivity contribution >= 4 is 51.8 Å². The van der Waals surface area contributed by atoms with Crippen molar-refractivity contribution in [1.29, 1.82) is 0 Å². The highest BCUT2D eigenvalue weighted by molar-refractivity contribution is 8.15. The number of halogens is 1. The Morgan fingerprint density at radius 2 is 1.92 bits per heavy atom. The van der Waals surface area contributed by atoms with Crippen molar-refractivity contribution < 1.29 is 14.4 Å². The van der Waals surface area contributed by atoms with Crippen molar-refractivity contribution in [2.75, 3.05) is 10.2 Å². The molecule has 1 saturated heterocycles. The average molecular weight is 375 g/mol. The number of rotatable bonds is 4. The van der Waals surface area contributed by atoms with Gasteiger partial charge in [0.1, 0.15) is 5.25 Å². The Hall–Kier alpha value is -2.31. The van der Waals surface area contributed by atoms with Crippen molar-refractivity contribution in [1.82, 2.24) is 0 Å². The molecule has 1 heterocycles. The first kappa shape index (κ1) is 17.5. The largest absolute Gasteiger partial charge is 0.326 e. The summed E-state index contributed by atoms with van der Waals surface area (Å²) in [6.45, 7) is 1.87. The first-order valence-corrected chi connectivity index (χ1v) is 8.87. The minimum absolute atomic E-state index is 0.0793. The fourth-order valence-corrected chi connectivity index (χ4v) is 3.61. The fourth-order valence-electron chi connectivity index (χ4n) is 2.45. The third kappa shape index (κ3) is 3.86. The minimum atomic E-state index is -0.728. The van der Waals surface area contributed by atoms with Crippen LogP contribution in [0.3, 0.4) is 0 Å². The van der Waals surface area contributed by atoms with Crippen LogP contribution in [0.4, 0.5) is 16.2 Å². The van der Waals surface area contributed by atoms with Crippen molar-refractivity contribution in [2.24, 2.45) is 0 Å². The number of thioether (sulfide) groups is 1. The van der Waals surface area contributed by atoms with E-state index < -0.39 is 5.25 Å². The number of nitrogens with zero attached hydrogens (tertiary/aromatic N) is 1. The summed E-state index contributed by atoms with van der Waals surface area (Å²) in [6, 6.07) is 13.9. The van der Waals surface area contributed by atoms with E-state index in [4.69, 9.17) is 11.6 Å². The summed E-state index contributed by atoms with van der Waals surface area (Å²) in [5.41, 5.74) is 1.98. The predicted molar refractivity (Wildman–Crippen MR) is 100 cm³/mol. The number of carbonyl (C=O) groups is 3. The number of amides is 3. The summed E-state index contributed by atoms with van der Waals surface area (Å²) in [6.07, 6.45) is -0.0793. The number of anilines is 2. The number of benzene rings is 2. The minimum Gasteiger partial charge on any atom is -0.326 e. The smallest absolute Gasteiger partial charge is 0.293 e. The van der Waals surface area contributed by atoms with E-state index in [0.717, 1.165) is 22.2 Å². The summed E-state index contributed by atoms with van der Waals surface area (Å²) in [4.78, 5) is 37.9. The molecule has 1 aliphatic heterocycles. The van der Waals surface area contributed by atoms with Gasteiger partial charge in [0.2, 0.25) is 11.8 Å². The zero-order valence-corrected chi connectivity index (χ0v) is 14.9. The Labute approximate surface area is 154 Å². The molecule has 3 amide bonds. The topological polar surface area (TPSA) is 66.5 Å². The molecule has 0 bridgehead atoms. The van der Waals surface area contributed by atoms with Crippen LogP contribution < -0.4 is 10.2 Å². The number of hydrogen-bond donors (Lipinski definition) is 1. The lowest BCUT2D eigenvalue weighted by Crippen LogP contribution is -2.32. The number of aryl methyl sites for hydroxylation is 1. The van der Waals surface area contributed by atoms with Gasteiger partial charge in [-0.05, 0) is 48.5 Å². The number of imide groups is 1. The molecule has 128 valence electrons. The molecule has 1 N–H and O–H groups in total. The molecule has 7 heteroatoms. The Balaban J connectivity index is 1.67. The second kappa shape index (κ2) is 7.29. The molecule has 1 atom stereocenters. The second-order valence-electron chi connectivity index (χ2n) is 5.60. The summed E-state index contributed by atoms with van der Waals surface area (Å²) in [5.74, 6) is -0.716. The fraction of sp³-hybridized carbons (Fsp3) is 0.167. The molecule has 1 fully saturated rings. The highest BCUT2D eigenvalue weighted by atomic mass is 35.5. The quantitative estimate of drug-likeness (QED) is 0.868. The number of hydrogen-bond acceptors (Lipinski definition) is 4. The van der Waals surface area contributed by atoms with Gasteiger partial charge in [-0.3, -0.25) is 14.4 Å². The molecule has 3 rings (SSSR count). The van der Waals surface area contributed by atoms with Crippen LogP contribution in [-0.4, -0.2) is 22.3 Å². The SMILES string of the molecule is Cc1ccc(NC(=O)C[C@@H]2SC(=O)N(c3ccccc3)C2=O)cc1Cl. The molecule has 0 aliphatic carbocycles. The van der Waals surface area contributed by atoms with E-state index in [1.165, 1.54) is 0 Å². The number of nitrogens with one attached hydrogen (secondary N) is 1. The van der Waals surface area contributed by atoms with Gasteiger partial charge >= 0.3 is 0 Å². The lowest BCUT2D eigenvalue weighted by atomic mass is 10.2. The highest BCUT2D eigenvalue weighted by Crippen LogP contribution is 2.33. The van der Waals surface area contributed by atoms with Crippen molar-refractivity contribution in [2.45, 2.75) is 18.6 Å². The molecule has 0 saturated carbocycles. The molecule has 2 aromatic carbocycles. The summed E-state index contributed by atoms with van der Waals surface area (Å²) in [5, 5.41) is 2.16. The van der Waals surface area contributed by atoms with Gasteiger partial charge in [-0.2, -0.15) is 0 Å². The van der Waals surface area contributed by atoms with Gasteiger partial charge in [0.05, 0.1) is 5.69 Å². The molecule has 0 radical (unpaired) electrons. The van der Waals surface area contributed by atoms with E-state index in [2.05, 4.69) is 5.32 Å². The monoisotopic (exact) mass is 374 g/mol. The summed E-state index contributed by atoms with van der Waals surface area (Å²) >= 11 is 6.91. The lowest BCUT2D eigenvalue weighted by molar-refractivity contribution is -0.121. The van der Waals surface area contributed by atoms with Gasteiger partial charge in [-0.25, -0.2) is 4.90 Å². The van der Waals surface area contributed by atoms with Gasteiger partial charge in [0.15, 0.2) is 0 Å². The molecule has 2 aromatic rings. The van der Waals surface area contributed by atoms with Crippen molar-refractivity contribution in [3.8, 4) is 0 Å². The van der Waals surface area contributed by atoms with Gasteiger partial charge in [-0.1, -0.05) is 35.9 Å². The van der Waals surface area contributed by atoms with Gasteiger partial charge < -0.3 is 5.32 Å². The number of carbonyl (C=O) groups excluding carboxylic acids is 3. The maximum absolute atomic E-state index is 12.5. The van der Waals surface area contributed by atoms with E-state index in [1.807, 2.05) is 6.92 Å². The third-order valence-corrected chi connectivity index (χ3v) is 5.21. The van der Waals surface area contributed by atoms with Gasteiger partial charge in [-0.15, -0.1) is 0 Å². The maximum Gasteiger partial charge on any atom is 0.293 e.